The number of likely N-dealkylation sites (N-methyl/N-ethyl adjacent to an activating group) is 1. The molecule has 0 saturated carbocycles. The number of imidazole rings is 1. The van der Waals surface area contributed by atoms with Crippen molar-refractivity contribution in [2.24, 2.45) is 0 Å². The zero-order chi connectivity index (χ0) is 24.8. The normalized spacial score (nSPS) is 14.7. The topological polar surface area (TPSA) is 98.8 Å². The highest BCUT2D eigenvalue weighted by Crippen LogP contribution is 2.33. The average Bonchev–Trinajstić information content (AvgIpc) is 3.56. The van der Waals surface area contributed by atoms with Crippen molar-refractivity contribution >= 4 is 38.5 Å². The molecule has 9 nitrogen and oxygen atoms in total. The Bertz CT molecular complexity index is 1730. The third-order valence-electron chi connectivity index (χ3n) is 7.13. The lowest BCUT2D eigenvalue weighted by atomic mass is 10.2. The summed E-state index contributed by atoms with van der Waals surface area (Å²) in [4.78, 5) is 21.9. The quantitative estimate of drug-likeness (QED) is 0.351. The molecule has 37 heavy (non-hydrogen) atoms. The van der Waals surface area contributed by atoms with Gasteiger partial charge in [0.25, 0.3) is 0 Å². The van der Waals surface area contributed by atoms with Gasteiger partial charge in [-0.25, -0.2) is 15.0 Å². The average molecular weight is 491 g/mol. The second kappa shape index (κ2) is 8.86. The summed E-state index contributed by atoms with van der Waals surface area (Å²) in [5, 5.41) is 9.48. The van der Waals surface area contributed by atoms with Crippen molar-refractivity contribution in [2.75, 3.05) is 37.6 Å². The fourth-order valence-electron chi connectivity index (χ4n) is 5.04. The number of benzene rings is 3. The highest BCUT2D eigenvalue weighted by atomic mass is 16.5. The fourth-order valence-corrected chi connectivity index (χ4v) is 5.04. The van der Waals surface area contributed by atoms with Crippen molar-refractivity contribution in [1.82, 2.24) is 35.0 Å². The minimum absolute atomic E-state index is 0.519. The van der Waals surface area contributed by atoms with E-state index in [1.165, 1.54) is 12.0 Å². The number of aromatic nitrogens is 6. The van der Waals surface area contributed by atoms with Gasteiger partial charge in [-0.3, -0.25) is 5.10 Å². The van der Waals surface area contributed by atoms with Crippen LogP contribution >= 0.6 is 0 Å². The maximum Gasteiger partial charge on any atom is 0.230 e. The maximum absolute atomic E-state index is 6.19. The number of H-pyrrole nitrogens is 2. The zero-order valence-electron chi connectivity index (χ0n) is 20.5. The van der Waals surface area contributed by atoms with E-state index in [0.29, 0.717) is 11.6 Å². The van der Waals surface area contributed by atoms with Crippen LogP contribution in [0.4, 0.5) is 5.69 Å². The summed E-state index contributed by atoms with van der Waals surface area (Å²) in [7, 11) is 0. The van der Waals surface area contributed by atoms with Gasteiger partial charge in [0.1, 0.15) is 17.8 Å². The summed E-state index contributed by atoms with van der Waals surface area (Å²) < 4.78 is 6.19. The van der Waals surface area contributed by atoms with Gasteiger partial charge >= 0.3 is 0 Å². The van der Waals surface area contributed by atoms with Gasteiger partial charge in [-0.15, -0.1) is 0 Å². The van der Waals surface area contributed by atoms with E-state index in [-0.39, 0.29) is 0 Å². The molecule has 3 aromatic carbocycles. The lowest BCUT2D eigenvalue weighted by Gasteiger charge is -2.35. The van der Waals surface area contributed by atoms with E-state index in [0.717, 1.165) is 77.1 Å². The predicted molar refractivity (Wildman–Crippen MR) is 145 cm³/mol. The molecule has 0 radical (unpaired) electrons. The van der Waals surface area contributed by atoms with Crippen LogP contribution in [0.1, 0.15) is 6.92 Å². The number of ether oxygens (including phenoxy) is 1. The minimum Gasteiger partial charge on any atom is -0.438 e. The monoisotopic (exact) mass is 490 g/mol. The summed E-state index contributed by atoms with van der Waals surface area (Å²) in [6.07, 6.45) is 1.52. The number of piperazine rings is 1. The first kappa shape index (κ1) is 21.8. The van der Waals surface area contributed by atoms with Crippen LogP contribution < -0.4 is 9.64 Å². The Balaban J connectivity index is 1.21. The first-order valence-electron chi connectivity index (χ1n) is 12.6. The Labute approximate surface area is 213 Å². The van der Waals surface area contributed by atoms with Gasteiger partial charge < -0.3 is 19.5 Å². The molecule has 3 aromatic heterocycles. The SMILES string of the molecule is CCN1CCN(c2ccc3nc(-c4n[nH]c5ccc(Oc6ncnc7ccccc67)cc45)[nH]c3c2)CC1. The molecular formula is C28H26N8O. The first-order chi connectivity index (χ1) is 18.2. The highest BCUT2D eigenvalue weighted by Gasteiger charge is 2.18. The Kier molecular flexibility index (Phi) is 5.21. The van der Waals surface area contributed by atoms with E-state index in [1.807, 2.05) is 42.5 Å². The number of nitrogens with zero attached hydrogens (tertiary/aromatic N) is 6. The van der Waals surface area contributed by atoms with E-state index < -0.39 is 0 Å². The van der Waals surface area contributed by atoms with Crippen LogP contribution in [0, 0.1) is 0 Å². The number of anilines is 1. The van der Waals surface area contributed by atoms with Crippen LogP contribution in [0.25, 0.3) is 44.4 Å². The molecule has 1 aliphatic rings. The number of rotatable bonds is 5. The molecule has 6 aromatic rings. The maximum atomic E-state index is 6.19. The smallest absolute Gasteiger partial charge is 0.230 e. The van der Waals surface area contributed by atoms with Gasteiger partial charge in [-0.1, -0.05) is 19.1 Å². The van der Waals surface area contributed by atoms with Gasteiger partial charge in [-0.2, -0.15) is 5.10 Å². The molecule has 7 rings (SSSR count). The summed E-state index contributed by atoms with van der Waals surface area (Å²) in [6.45, 7) is 7.59. The van der Waals surface area contributed by atoms with E-state index in [4.69, 9.17) is 9.72 Å². The number of nitrogens with one attached hydrogen (secondary N) is 2. The Hall–Kier alpha value is -4.50. The Morgan fingerprint density at radius 2 is 1.76 bits per heavy atom. The van der Waals surface area contributed by atoms with Crippen LogP contribution in [0.5, 0.6) is 11.6 Å². The number of hydrogen-bond donors (Lipinski definition) is 2. The van der Waals surface area contributed by atoms with Crippen molar-refractivity contribution in [3.8, 4) is 23.1 Å². The first-order valence-corrected chi connectivity index (χ1v) is 12.6. The van der Waals surface area contributed by atoms with Gasteiger partial charge in [-0.05, 0) is 55.1 Å². The summed E-state index contributed by atoms with van der Waals surface area (Å²) in [5.41, 5.74) is 5.64. The van der Waals surface area contributed by atoms with Gasteiger partial charge in [0.15, 0.2) is 5.82 Å². The van der Waals surface area contributed by atoms with Crippen LogP contribution in [0.2, 0.25) is 0 Å². The molecule has 0 aliphatic carbocycles. The molecule has 4 heterocycles. The third-order valence-corrected chi connectivity index (χ3v) is 7.13. The molecule has 0 bridgehead atoms. The van der Waals surface area contributed by atoms with Gasteiger partial charge in [0.2, 0.25) is 5.88 Å². The molecule has 0 unspecified atom stereocenters. The minimum atomic E-state index is 0.519. The number of aromatic amines is 2. The molecule has 1 fully saturated rings. The van der Waals surface area contributed by atoms with Crippen LogP contribution in [0.15, 0.2) is 67.0 Å². The summed E-state index contributed by atoms with van der Waals surface area (Å²) >= 11 is 0. The molecule has 1 saturated heterocycles. The number of fused-ring (bicyclic) bond motifs is 3. The lowest BCUT2D eigenvalue weighted by molar-refractivity contribution is 0.271. The Morgan fingerprint density at radius 3 is 2.65 bits per heavy atom. The van der Waals surface area contributed by atoms with Crippen molar-refractivity contribution in [1.29, 1.82) is 0 Å². The van der Waals surface area contributed by atoms with Crippen LogP contribution in [0.3, 0.4) is 0 Å². The third kappa shape index (κ3) is 3.93. The largest absolute Gasteiger partial charge is 0.438 e. The standard InChI is InChI=1S/C28H26N8O/c1-2-35-11-13-36(14-12-35)18-7-9-24-25(15-18)32-27(31-24)26-21-16-19(8-10-23(21)33-34-26)37-28-20-5-3-4-6-22(20)29-17-30-28/h3-10,15-17H,2,11-14H2,1H3,(H,31,32)(H,33,34). The molecule has 0 amide bonds. The van der Waals surface area contributed by atoms with E-state index in [9.17, 15) is 0 Å². The van der Waals surface area contributed by atoms with Crippen molar-refractivity contribution in [2.45, 2.75) is 6.92 Å². The summed E-state index contributed by atoms with van der Waals surface area (Å²) in [5.74, 6) is 1.91. The molecule has 9 heteroatoms. The molecular weight excluding hydrogens is 464 g/mol. The van der Waals surface area contributed by atoms with Crippen molar-refractivity contribution < 1.29 is 4.74 Å². The predicted octanol–water partition coefficient (Wildman–Crippen LogP) is 4.98. The molecule has 0 spiro atoms. The highest BCUT2D eigenvalue weighted by molar-refractivity contribution is 5.94. The van der Waals surface area contributed by atoms with Gasteiger partial charge in [0, 0.05) is 37.3 Å². The van der Waals surface area contributed by atoms with E-state index in [2.05, 4.69) is 60.1 Å². The van der Waals surface area contributed by atoms with E-state index >= 15 is 0 Å². The van der Waals surface area contributed by atoms with E-state index in [1.54, 1.807) is 0 Å². The number of para-hydroxylation sites is 1. The Morgan fingerprint density at radius 1 is 0.865 bits per heavy atom. The zero-order valence-corrected chi connectivity index (χ0v) is 20.5. The number of hydrogen-bond acceptors (Lipinski definition) is 7. The van der Waals surface area contributed by atoms with Crippen molar-refractivity contribution in [3.05, 3.63) is 67.0 Å². The van der Waals surface area contributed by atoms with Crippen LogP contribution in [-0.4, -0.2) is 67.8 Å². The molecule has 1 aliphatic heterocycles. The lowest BCUT2D eigenvalue weighted by Crippen LogP contribution is -2.46. The van der Waals surface area contributed by atoms with Crippen LogP contribution in [-0.2, 0) is 0 Å². The fraction of sp³-hybridized carbons (Fsp3) is 0.214. The second-order valence-corrected chi connectivity index (χ2v) is 9.29. The second-order valence-electron chi connectivity index (χ2n) is 9.29. The van der Waals surface area contributed by atoms with Gasteiger partial charge in [0.05, 0.1) is 27.5 Å². The summed E-state index contributed by atoms with van der Waals surface area (Å²) in [6, 6.07) is 20.1. The van der Waals surface area contributed by atoms with Crippen molar-refractivity contribution in [3.63, 3.8) is 0 Å². The molecule has 2 N–H and O–H groups in total. The molecule has 0 atom stereocenters. The molecule has 184 valence electrons.